The van der Waals surface area contributed by atoms with Gasteiger partial charge in [0.05, 0.1) is 12.3 Å². The zero-order valence-electron chi connectivity index (χ0n) is 24.6. The fraction of sp³-hybridized carbons (Fsp3) is 0.312. The van der Waals surface area contributed by atoms with Crippen molar-refractivity contribution in [3.8, 4) is 0 Å². The molecule has 0 saturated carbocycles. The third-order valence-corrected chi connectivity index (χ3v) is 8.70. The lowest BCUT2D eigenvalue weighted by molar-refractivity contribution is -0.128. The van der Waals surface area contributed by atoms with E-state index in [1.165, 1.54) is 4.31 Å². The Bertz CT molecular complexity index is 1580. The quantitative estimate of drug-likeness (QED) is 0.174. The first kappa shape index (κ1) is 32.5. The van der Waals surface area contributed by atoms with Crippen molar-refractivity contribution in [1.82, 2.24) is 14.9 Å². The van der Waals surface area contributed by atoms with Crippen molar-refractivity contribution in [2.24, 2.45) is 16.5 Å². The molecule has 11 nitrogen and oxygen atoms in total. The summed E-state index contributed by atoms with van der Waals surface area (Å²) in [7, 11) is -3.46. The average Bonchev–Trinajstić information content (AvgIpc) is 3.52. The predicted molar refractivity (Wildman–Crippen MR) is 169 cm³/mol. The fourth-order valence-electron chi connectivity index (χ4n) is 5.05. The summed E-state index contributed by atoms with van der Waals surface area (Å²) < 4.78 is 25.1. The molecule has 0 spiro atoms. The third kappa shape index (κ3) is 9.06. The van der Waals surface area contributed by atoms with Gasteiger partial charge in [0.1, 0.15) is 17.9 Å². The molecule has 6 N–H and O–H groups in total. The number of nitrogens with zero attached hydrogens (tertiary/aromatic N) is 2. The maximum atomic E-state index is 13.3. The van der Waals surface area contributed by atoms with E-state index in [9.17, 15) is 22.8 Å². The van der Waals surface area contributed by atoms with Crippen LogP contribution >= 0.6 is 0 Å². The van der Waals surface area contributed by atoms with E-state index < -0.39 is 40.0 Å². The van der Waals surface area contributed by atoms with Crippen molar-refractivity contribution in [3.05, 3.63) is 107 Å². The minimum Gasteiger partial charge on any atom is -0.383 e. The molecule has 12 heteroatoms. The van der Waals surface area contributed by atoms with Gasteiger partial charge in [-0.25, -0.2) is 8.42 Å². The number of sulfonamides is 1. The Hall–Kier alpha value is -4.39. The van der Waals surface area contributed by atoms with Crippen molar-refractivity contribution < 1.29 is 22.8 Å². The van der Waals surface area contributed by atoms with Gasteiger partial charge in [-0.1, -0.05) is 84.9 Å². The molecule has 3 aromatic rings. The zero-order chi connectivity index (χ0) is 31.7. The van der Waals surface area contributed by atoms with E-state index >= 15 is 0 Å². The van der Waals surface area contributed by atoms with Crippen LogP contribution < -0.4 is 22.1 Å². The Kier molecular flexibility index (Phi) is 11.0. The number of benzene rings is 3. The Labute approximate surface area is 257 Å². The van der Waals surface area contributed by atoms with Crippen LogP contribution in [-0.2, 0) is 43.8 Å². The van der Waals surface area contributed by atoms with E-state index in [4.69, 9.17) is 11.5 Å². The Morgan fingerprint density at radius 1 is 0.909 bits per heavy atom. The molecule has 44 heavy (non-hydrogen) atoms. The van der Waals surface area contributed by atoms with E-state index in [0.29, 0.717) is 31.4 Å². The first-order chi connectivity index (χ1) is 21.0. The smallest absolute Gasteiger partial charge is 0.270 e. The molecular formula is C32H38N6O5S. The van der Waals surface area contributed by atoms with Crippen LogP contribution in [0.3, 0.4) is 0 Å². The number of hydrogen-bond donors (Lipinski definition) is 4. The predicted octanol–water partition coefficient (Wildman–Crippen LogP) is 1.26. The number of nitrogens with one attached hydrogen (secondary N) is 2. The summed E-state index contributed by atoms with van der Waals surface area (Å²) in [5.74, 6) is -1.46. The van der Waals surface area contributed by atoms with Crippen LogP contribution in [0, 0.1) is 0 Å². The first-order valence-corrected chi connectivity index (χ1v) is 16.2. The molecular weight excluding hydrogens is 580 g/mol. The second kappa shape index (κ2) is 14.9. The molecule has 4 rings (SSSR count). The van der Waals surface area contributed by atoms with Gasteiger partial charge in [-0.15, -0.1) is 0 Å². The summed E-state index contributed by atoms with van der Waals surface area (Å²) in [6.07, 6.45) is 2.73. The van der Waals surface area contributed by atoms with E-state index in [1.54, 1.807) is 24.3 Å². The third-order valence-electron chi connectivity index (χ3n) is 7.41. The number of aliphatic imine (C=N–C) groups is 1. The molecule has 1 fully saturated rings. The number of amides is 3. The largest absolute Gasteiger partial charge is 0.383 e. The minimum absolute atomic E-state index is 0.0266. The second-order valence-electron chi connectivity index (χ2n) is 10.8. The van der Waals surface area contributed by atoms with E-state index in [1.807, 2.05) is 60.7 Å². The van der Waals surface area contributed by atoms with Crippen molar-refractivity contribution in [1.29, 1.82) is 0 Å². The van der Waals surface area contributed by atoms with Gasteiger partial charge in [0.2, 0.25) is 21.8 Å². The molecule has 0 aromatic heterocycles. The maximum absolute atomic E-state index is 13.3. The van der Waals surface area contributed by atoms with Crippen LogP contribution in [0.5, 0.6) is 0 Å². The molecule has 1 saturated heterocycles. The van der Waals surface area contributed by atoms with E-state index in [2.05, 4.69) is 15.6 Å². The maximum Gasteiger partial charge on any atom is 0.270 e. The Balaban J connectivity index is 1.40. The van der Waals surface area contributed by atoms with Crippen molar-refractivity contribution in [3.63, 3.8) is 0 Å². The summed E-state index contributed by atoms with van der Waals surface area (Å²) in [6.45, 7) is 0.525. The van der Waals surface area contributed by atoms with Gasteiger partial charge in [-0.3, -0.25) is 14.4 Å². The number of amidine groups is 1. The lowest BCUT2D eigenvalue weighted by Gasteiger charge is -2.21. The van der Waals surface area contributed by atoms with Crippen LogP contribution in [0.2, 0.25) is 0 Å². The summed E-state index contributed by atoms with van der Waals surface area (Å²) in [5, 5.41) is 5.55. The van der Waals surface area contributed by atoms with Crippen LogP contribution in [0.15, 0.2) is 89.9 Å². The van der Waals surface area contributed by atoms with Crippen LogP contribution in [-0.4, -0.2) is 67.2 Å². The lowest BCUT2D eigenvalue weighted by atomic mass is 10.0. The summed E-state index contributed by atoms with van der Waals surface area (Å²) in [4.78, 5) is 43.0. The molecule has 0 bridgehead atoms. The Morgan fingerprint density at radius 2 is 1.50 bits per heavy atom. The second-order valence-corrected chi connectivity index (χ2v) is 12.8. The standard InChI is InChI=1S/C32H38N6O5S/c1-44(42,43)38-18-8-13-28(38)32(41)35-21-24-14-16-25(17-15-24)29(34)37-31(40)27(20-23-11-6-3-7-12-23)36-30(39)26(33)19-22-9-4-2-5-10-22/h2-7,9-12,14-17,26-28H,8,13,18-21,33H2,1H3,(H,35,41)(H,36,39)(H2,34,37,40)/t26-,27-,28-/m0/s1. The zero-order valence-corrected chi connectivity index (χ0v) is 25.4. The van der Waals surface area contributed by atoms with Gasteiger partial charge in [0.15, 0.2) is 0 Å². The van der Waals surface area contributed by atoms with Gasteiger partial charge >= 0.3 is 0 Å². The van der Waals surface area contributed by atoms with Gasteiger partial charge in [-0.2, -0.15) is 9.30 Å². The molecule has 1 heterocycles. The molecule has 232 valence electrons. The van der Waals surface area contributed by atoms with Crippen molar-refractivity contribution in [2.45, 2.75) is 50.4 Å². The van der Waals surface area contributed by atoms with Crippen molar-refractivity contribution >= 4 is 33.6 Å². The highest BCUT2D eigenvalue weighted by atomic mass is 32.2. The van der Waals surface area contributed by atoms with Gasteiger partial charge in [0.25, 0.3) is 5.91 Å². The highest BCUT2D eigenvalue weighted by Crippen LogP contribution is 2.20. The van der Waals surface area contributed by atoms with Crippen LogP contribution in [0.1, 0.15) is 35.1 Å². The van der Waals surface area contributed by atoms with Gasteiger partial charge in [0, 0.05) is 25.1 Å². The molecule has 1 aliphatic heterocycles. The normalized spacial score (nSPS) is 17.0. The van der Waals surface area contributed by atoms with Crippen molar-refractivity contribution in [2.75, 3.05) is 12.8 Å². The fourth-order valence-corrected chi connectivity index (χ4v) is 6.17. The van der Waals surface area contributed by atoms with E-state index in [0.717, 1.165) is 22.9 Å². The van der Waals surface area contributed by atoms with Crippen LogP contribution in [0.25, 0.3) is 0 Å². The monoisotopic (exact) mass is 618 g/mol. The molecule has 3 amide bonds. The SMILES string of the molecule is CS(=O)(=O)N1CCC[C@H]1C(=O)NCc1ccc(C(N)=NC(=O)[C@H](Cc2ccccc2)NC(=O)[C@@H](N)Cc2ccccc2)cc1. The minimum atomic E-state index is -3.46. The topological polar surface area (TPSA) is 177 Å². The molecule has 0 radical (unpaired) electrons. The van der Waals surface area contributed by atoms with Gasteiger partial charge in [-0.05, 0) is 36.0 Å². The molecule has 0 unspecified atom stereocenters. The summed E-state index contributed by atoms with van der Waals surface area (Å²) in [6, 6.07) is 22.9. The van der Waals surface area contributed by atoms with E-state index in [-0.39, 0.29) is 24.7 Å². The number of rotatable bonds is 12. The number of carbonyl (C=O) groups excluding carboxylic acids is 3. The highest BCUT2D eigenvalue weighted by molar-refractivity contribution is 7.88. The number of nitrogens with two attached hydrogens (primary N) is 2. The number of hydrogen-bond acceptors (Lipinski definition) is 6. The molecule has 0 aliphatic carbocycles. The van der Waals surface area contributed by atoms with Crippen LogP contribution in [0.4, 0.5) is 0 Å². The molecule has 3 aromatic carbocycles. The molecule has 1 aliphatic rings. The Morgan fingerprint density at radius 3 is 2.09 bits per heavy atom. The summed E-state index contributed by atoms with van der Waals surface area (Å²) in [5.41, 5.74) is 15.3. The molecule has 3 atom stereocenters. The average molecular weight is 619 g/mol. The number of carbonyl (C=O) groups is 3. The first-order valence-electron chi connectivity index (χ1n) is 14.4. The summed E-state index contributed by atoms with van der Waals surface area (Å²) >= 11 is 0. The highest BCUT2D eigenvalue weighted by Gasteiger charge is 2.36. The van der Waals surface area contributed by atoms with Gasteiger partial charge < -0.3 is 22.1 Å². The lowest BCUT2D eigenvalue weighted by Crippen LogP contribution is -2.50.